The molecule has 2 fully saturated rings. The summed E-state index contributed by atoms with van der Waals surface area (Å²) in [6, 6.07) is 15.1. The number of ether oxygens (including phenoxy) is 1. The van der Waals surface area contributed by atoms with E-state index in [4.69, 9.17) is 16.3 Å². The van der Waals surface area contributed by atoms with Crippen molar-refractivity contribution in [3.63, 3.8) is 0 Å². The Morgan fingerprint density at radius 3 is 2.67 bits per heavy atom. The number of fused-ring (bicyclic) bond motifs is 3. The zero-order valence-electron chi connectivity index (χ0n) is 19.4. The van der Waals surface area contributed by atoms with Crippen LogP contribution in [-0.4, -0.2) is 45.5 Å². The molecule has 4 heterocycles. The number of amides is 1. The fourth-order valence-electron chi connectivity index (χ4n) is 6.05. The van der Waals surface area contributed by atoms with Gasteiger partial charge in [-0.1, -0.05) is 41.9 Å². The highest BCUT2D eigenvalue weighted by Crippen LogP contribution is 2.49. The third-order valence-corrected chi connectivity index (χ3v) is 9.49. The summed E-state index contributed by atoms with van der Waals surface area (Å²) in [4.78, 5) is 29.1. The van der Waals surface area contributed by atoms with Crippen LogP contribution in [0, 0.1) is 0 Å². The van der Waals surface area contributed by atoms with Gasteiger partial charge in [0.25, 0.3) is 5.91 Å². The Morgan fingerprint density at radius 1 is 1.08 bits per heavy atom. The van der Waals surface area contributed by atoms with E-state index in [1.807, 2.05) is 24.3 Å². The Morgan fingerprint density at radius 2 is 1.89 bits per heavy atom. The third-order valence-electron chi connectivity index (χ3n) is 8.02. The number of nitrogens with zero attached hydrogens (tertiary/aromatic N) is 3. The highest BCUT2D eigenvalue weighted by atomic mass is 35.5. The van der Waals surface area contributed by atoms with Gasteiger partial charge in [-0.3, -0.25) is 19.3 Å². The molecule has 0 bridgehead atoms. The van der Waals surface area contributed by atoms with E-state index in [2.05, 4.69) is 23.2 Å². The molecule has 2 aromatic carbocycles. The van der Waals surface area contributed by atoms with Gasteiger partial charge < -0.3 is 14.7 Å². The molecule has 1 spiro atoms. The average molecular weight is 522 g/mol. The molecule has 184 valence electrons. The highest BCUT2D eigenvalue weighted by Gasteiger charge is 2.54. The van der Waals surface area contributed by atoms with Crippen LogP contribution in [0.4, 0.5) is 0 Å². The van der Waals surface area contributed by atoms with E-state index in [1.165, 1.54) is 6.07 Å². The Hall–Kier alpha value is -2.94. The van der Waals surface area contributed by atoms with Crippen LogP contribution in [0.25, 0.3) is 0 Å². The van der Waals surface area contributed by atoms with Crippen LogP contribution < -0.4 is 10.4 Å². The van der Waals surface area contributed by atoms with E-state index < -0.39 is 11.2 Å². The minimum atomic E-state index is -0.570. The second-order valence-electron chi connectivity index (χ2n) is 9.96. The predicted octanol–water partition coefficient (Wildman–Crippen LogP) is 4.28. The van der Waals surface area contributed by atoms with Crippen molar-refractivity contribution in [2.45, 2.75) is 47.6 Å². The molecule has 7 rings (SSSR count). The molecule has 1 aliphatic carbocycles. The number of aromatic nitrogens is 1. The van der Waals surface area contributed by atoms with Crippen molar-refractivity contribution in [3.8, 4) is 5.75 Å². The molecule has 1 N–H and O–H groups in total. The summed E-state index contributed by atoms with van der Waals surface area (Å²) in [5.41, 5.74) is 2.47. The molecule has 36 heavy (non-hydrogen) atoms. The van der Waals surface area contributed by atoms with Crippen LogP contribution in [0.3, 0.4) is 0 Å². The Bertz CT molecular complexity index is 1460. The lowest BCUT2D eigenvalue weighted by atomic mass is 9.70. The lowest BCUT2D eigenvalue weighted by molar-refractivity contribution is -0.213. The summed E-state index contributed by atoms with van der Waals surface area (Å²) < 4.78 is 7.46. The van der Waals surface area contributed by atoms with E-state index in [-0.39, 0.29) is 29.3 Å². The number of thioether (sulfide) groups is 1. The fraction of sp³-hybridized carbons (Fsp3) is 0.333. The standard InChI is InChI=1S/C27H24ClN3O4S/c28-19-6-3-4-16-14-36-21-7-2-1-5-18(21)23(22(16)19)31-15-29(17-12-27(13-17)9-11-35-27)26(34)24-25(33)20(32)8-10-30(24)31/h1-8,10,17,23,33H,9,11-15H2/t17?,23-,27?/m1/s1. The Balaban J connectivity index is 1.42. The summed E-state index contributed by atoms with van der Waals surface area (Å²) in [7, 11) is 0. The summed E-state index contributed by atoms with van der Waals surface area (Å²) in [5, 5.41) is 13.5. The summed E-state index contributed by atoms with van der Waals surface area (Å²) in [5.74, 6) is -0.0944. The molecule has 1 atom stereocenters. The van der Waals surface area contributed by atoms with Crippen LogP contribution in [0.15, 0.2) is 64.4 Å². The van der Waals surface area contributed by atoms with Gasteiger partial charge in [-0.2, -0.15) is 0 Å². The van der Waals surface area contributed by atoms with Gasteiger partial charge in [0.2, 0.25) is 5.43 Å². The molecule has 7 nitrogen and oxygen atoms in total. The molecule has 0 unspecified atom stereocenters. The van der Waals surface area contributed by atoms with Gasteiger partial charge in [0.15, 0.2) is 11.4 Å². The van der Waals surface area contributed by atoms with E-state index in [1.54, 1.807) is 27.5 Å². The van der Waals surface area contributed by atoms with E-state index in [0.29, 0.717) is 11.7 Å². The maximum absolute atomic E-state index is 13.7. The zero-order chi connectivity index (χ0) is 24.6. The number of hydrogen-bond donors (Lipinski definition) is 1. The summed E-state index contributed by atoms with van der Waals surface area (Å²) in [6.45, 7) is 1.06. The van der Waals surface area contributed by atoms with Crippen LogP contribution in [0.5, 0.6) is 5.75 Å². The number of pyridine rings is 1. The van der Waals surface area contributed by atoms with Crippen molar-refractivity contribution in [2.75, 3.05) is 18.3 Å². The number of aromatic hydroxyl groups is 1. The van der Waals surface area contributed by atoms with Crippen LogP contribution >= 0.6 is 23.4 Å². The predicted molar refractivity (Wildman–Crippen MR) is 137 cm³/mol. The van der Waals surface area contributed by atoms with Crippen molar-refractivity contribution in [2.24, 2.45) is 0 Å². The number of hydrogen-bond acceptors (Lipinski definition) is 6. The van der Waals surface area contributed by atoms with Gasteiger partial charge in [-0.05, 0) is 42.5 Å². The van der Waals surface area contributed by atoms with Crippen molar-refractivity contribution < 1.29 is 14.6 Å². The number of carbonyl (C=O) groups excluding carboxylic acids is 1. The first kappa shape index (κ1) is 22.3. The lowest BCUT2D eigenvalue weighted by Crippen LogP contribution is -2.66. The van der Waals surface area contributed by atoms with Crippen molar-refractivity contribution in [1.82, 2.24) is 9.58 Å². The second-order valence-corrected chi connectivity index (χ2v) is 11.4. The van der Waals surface area contributed by atoms with Gasteiger partial charge in [-0.15, -0.1) is 11.8 Å². The zero-order valence-corrected chi connectivity index (χ0v) is 21.0. The smallest absolute Gasteiger partial charge is 0.278 e. The van der Waals surface area contributed by atoms with E-state index in [9.17, 15) is 14.7 Å². The topological polar surface area (TPSA) is 75.0 Å². The molecule has 9 heteroatoms. The molecular weight excluding hydrogens is 498 g/mol. The second kappa shape index (κ2) is 8.03. The van der Waals surface area contributed by atoms with Crippen LogP contribution in [0.2, 0.25) is 5.02 Å². The molecule has 0 radical (unpaired) electrons. The normalized spacial score (nSPS) is 26.4. The number of benzene rings is 2. The van der Waals surface area contributed by atoms with E-state index in [0.717, 1.165) is 53.2 Å². The number of rotatable bonds is 2. The molecule has 1 aromatic heterocycles. The SMILES string of the molecule is O=C1c2c(O)c(=O)ccn2N([C@@H]2c3ccccc3SCc3cccc(Cl)c32)CN1C1CC2(CCO2)C1. The first-order valence-electron chi connectivity index (χ1n) is 12.1. The van der Waals surface area contributed by atoms with Crippen LogP contribution in [0.1, 0.15) is 52.5 Å². The number of carbonyl (C=O) groups is 1. The first-order chi connectivity index (χ1) is 17.5. The molecule has 3 aliphatic heterocycles. The van der Waals surface area contributed by atoms with Gasteiger partial charge in [0.1, 0.15) is 12.7 Å². The Labute approximate surface area is 217 Å². The Kier molecular flexibility index (Phi) is 4.97. The molecular formula is C27H24ClN3O4S. The molecule has 4 aliphatic rings. The van der Waals surface area contributed by atoms with Crippen molar-refractivity contribution in [3.05, 3.63) is 92.4 Å². The quantitative estimate of drug-likeness (QED) is 0.542. The molecule has 1 amide bonds. The lowest BCUT2D eigenvalue weighted by Gasteiger charge is -2.57. The molecule has 1 saturated carbocycles. The summed E-state index contributed by atoms with van der Waals surface area (Å²) >= 11 is 8.63. The van der Waals surface area contributed by atoms with Crippen molar-refractivity contribution in [1.29, 1.82) is 0 Å². The average Bonchev–Trinajstić information content (AvgIpc) is 2.99. The van der Waals surface area contributed by atoms with Crippen LogP contribution in [-0.2, 0) is 10.5 Å². The van der Waals surface area contributed by atoms with Crippen molar-refractivity contribution >= 4 is 29.3 Å². The first-order valence-corrected chi connectivity index (χ1v) is 13.5. The maximum Gasteiger partial charge on any atom is 0.278 e. The molecule has 1 saturated heterocycles. The fourth-order valence-corrected chi connectivity index (χ4v) is 7.43. The summed E-state index contributed by atoms with van der Waals surface area (Å²) in [6.07, 6.45) is 4.12. The molecule has 3 aromatic rings. The number of halogens is 1. The van der Waals surface area contributed by atoms with Gasteiger partial charge in [-0.25, -0.2) is 0 Å². The monoisotopic (exact) mass is 521 g/mol. The largest absolute Gasteiger partial charge is 0.502 e. The van der Waals surface area contributed by atoms with Gasteiger partial charge >= 0.3 is 0 Å². The van der Waals surface area contributed by atoms with Gasteiger partial charge in [0.05, 0.1) is 12.2 Å². The third kappa shape index (κ3) is 3.17. The minimum absolute atomic E-state index is 0.00721. The minimum Gasteiger partial charge on any atom is -0.502 e. The highest BCUT2D eigenvalue weighted by molar-refractivity contribution is 7.98. The van der Waals surface area contributed by atoms with E-state index >= 15 is 0 Å². The van der Waals surface area contributed by atoms with Gasteiger partial charge in [0, 0.05) is 39.5 Å². The maximum atomic E-state index is 13.7.